The van der Waals surface area contributed by atoms with Crippen LogP contribution in [-0.4, -0.2) is 5.78 Å². The first-order chi connectivity index (χ1) is 8.25. The standard InChI is InChI=1S/C13H11ClOS2/c14-9-5-6-16-13(9)12(15)11-7-8-3-1-2-4-10(8)17-11/h5-7H,1-4H2. The van der Waals surface area contributed by atoms with Gasteiger partial charge in [0.05, 0.1) is 14.8 Å². The molecule has 1 aliphatic carbocycles. The summed E-state index contributed by atoms with van der Waals surface area (Å²) < 4.78 is 0. The maximum absolute atomic E-state index is 12.3. The van der Waals surface area contributed by atoms with E-state index in [2.05, 4.69) is 6.07 Å². The molecule has 0 amide bonds. The van der Waals surface area contributed by atoms with Crippen LogP contribution in [0.2, 0.25) is 5.02 Å². The molecule has 1 aliphatic rings. The van der Waals surface area contributed by atoms with Gasteiger partial charge in [0.1, 0.15) is 0 Å². The third-order valence-electron chi connectivity index (χ3n) is 3.04. The van der Waals surface area contributed by atoms with E-state index in [4.69, 9.17) is 11.6 Å². The molecule has 0 fully saturated rings. The van der Waals surface area contributed by atoms with E-state index >= 15 is 0 Å². The van der Waals surface area contributed by atoms with Gasteiger partial charge in [-0.05, 0) is 48.8 Å². The van der Waals surface area contributed by atoms with Crippen molar-refractivity contribution < 1.29 is 4.79 Å². The molecule has 0 saturated heterocycles. The number of hydrogen-bond donors (Lipinski definition) is 0. The van der Waals surface area contributed by atoms with Gasteiger partial charge in [0.15, 0.2) is 0 Å². The second-order valence-electron chi connectivity index (χ2n) is 4.19. The van der Waals surface area contributed by atoms with E-state index in [1.54, 1.807) is 17.4 Å². The van der Waals surface area contributed by atoms with Gasteiger partial charge in [-0.3, -0.25) is 4.79 Å². The number of thiophene rings is 2. The minimum absolute atomic E-state index is 0.0874. The summed E-state index contributed by atoms with van der Waals surface area (Å²) in [6.07, 6.45) is 4.75. The first-order valence-corrected chi connectivity index (χ1v) is 7.72. The minimum Gasteiger partial charge on any atom is -0.287 e. The molecule has 0 N–H and O–H groups in total. The number of ketones is 1. The molecule has 0 aromatic carbocycles. The summed E-state index contributed by atoms with van der Waals surface area (Å²) >= 11 is 9.08. The van der Waals surface area contributed by atoms with Crippen molar-refractivity contribution in [2.45, 2.75) is 25.7 Å². The maximum Gasteiger partial charge on any atom is 0.214 e. The second-order valence-corrected chi connectivity index (χ2v) is 6.65. The third-order valence-corrected chi connectivity index (χ3v) is 5.62. The molecule has 1 nitrogen and oxygen atoms in total. The summed E-state index contributed by atoms with van der Waals surface area (Å²) in [5.74, 6) is 0.0874. The average Bonchev–Trinajstić information content (AvgIpc) is 2.93. The van der Waals surface area contributed by atoms with Crippen molar-refractivity contribution in [3.8, 4) is 0 Å². The molecule has 0 aliphatic heterocycles. The van der Waals surface area contributed by atoms with E-state index in [9.17, 15) is 4.79 Å². The van der Waals surface area contributed by atoms with Crippen molar-refractivity contribution in [3.63, 3.8) is 0 Å². The van der Waals surface area contributed by atoms with Crippen LogP contribution in [0.4, 0.5) is 0 Å². The Morgan fingerprint density at radius 1 is 1.29 bits per heavy atom. The fourth-order valence-electron chi connectivity index (χ4n) is 2.17. The lowest BCUT2D eigenvalue weighted by Crippen LogP contribution is -1.97. The molecule has 2 heterocycles. The molecule has 0 bridgehead atoms. The fraction of sp³-hybridized carbons (Fsp3) is 0.308. The van der Waals surface area contributed by atoms with Crippen LogP contribution in [0.3, 0.4) is 0 Å². The van der Waals surface area contributed by atoms with Crippen LogP contribution in [0.25, 0.3) is 0 Å². The molecule has 0 unspecified atom stereocenters. The molecule has 17 heavy (non-hydrogen) atoms. The Balaban J connectivity index is 1.97. The van der Waals surface area contributed by atoms with Gasteiger partial charge in [0.2, 0.25) is 5.78 Å². The highest BCUT2D eigenvalue weighted by atomic mass is 35.5. The number of carbonyl (C=O) groups excluding carboxylic acids is 1. The zero-order valence-electron chi connectivity index (χ0n) is 9.16. The van der Waals surface area contributed by atoms with Crippen molar-refractivity contribution in [2.24, 2.45) is 0 Å². The number of aryl methyl sites for hydroxylation is 2. The molecule has 3 rings (SSSR count). The molecule has 88 valence electrons. The monoisotopic (exact) mass is 282 g/mol. The highest BCUT2D eigenvalue weighted by Gasteiger charge is 2.20. The number of halogens is 1. The second kappa shape index (κ2) is 4.56. The molecular weight excluding hydrogens is 272 g/mol. The summed E-state index contributed by atoms with van der Waals surface area (Å²) in [5.41, 5.74) is 1.37. The molecule has 0 saturated carbocycles. The zero-order chi connectivity index (χ0) is 11.8. The summed E-state index contributed by atoms with van der Waals surface area (Å²) in [4.78, 5) is 15.2. The SMILES string of the molecule is O=C(c1cc2c(s1)CCCC2)c1sccc1Cl. The summed E-state index contributed by atoms with van der Waals surface area (Å²) in [6, 6.07) is 3.85. The van der Waals surface area contributed by atoms with Crippen molar-refractivity contribution in [2.75, 3.05) is 0 Å². The van der Waals surface area contributed by atoms with Crippen LogP contribution in [0.1, 0.15) is 37.8 Å². The molecular formula is C13H11ClOS2. The van der Waals surface area contributed by atoms with E-state index in [-0.39, 0.29) is 5.78 Å². The van der Waals surface area contributed by atoms with Crippen molar-refractivity contribution in [1.82, 2.24) is 0 Å². The Morgan fingerprint density at radius 3 is 2.82 bits per heavy atom. The van der Waals surface area contributed by atoms with Crippen LogP contribution in [0, 0.1) is 0 Å². The average molecular weight is 283 g/mol. The number of fused-ring (bicyclic) bond motifs is 1. The van der Waals surface area contributed by atoms with E-state index < -0.39 is 0 Å². The molecule has 4 heteroatoms. The van der Waals surface area contributed by atoms with Crippen LogP contribution >= 0.6 is 34.3 Å². The van der Waals surface area contributed by atoms with Gasteiger partial charge in [0, 0.05) is 4.88 Å². The minimum atomic E-state index is 0.0874. The van der Waals surface area contributed by atoms with Gasteiger partial charge in [-0.1, -0.05) is 11.6 Å². The lowest BCUT2D eigenvalue weighted by Gasteiger charge is -2.08. The number of rotatable bonds is 2. The van der Waals surface area contributed by atoms with Crippen molar-refractivity contribution in [1.29, 1.82) is 0 Å². The largest absolute Gasteiger partial charge is 0.287 e. The quantitative estimate of drug-likeness (QED) is 0.737. The lowest BCUT2D eigenvalue weighted by atomic mass is 9.99. The van der Waals surface area contributed by atoms with Crippen molar-refractivity contribution >= 4 is 40.1 Å². The lowest BCUT2D eigenvalue weighted by molar-refractivity contribution is 0.104. The van der Waals surface area contributed by atoms with Gasteiger partial charge in [-0.25, -0.2) is 0 Å². The Labute approximate surface area is 113 Å². The van der Waals surface area contributed by atoms with Crippen LogP contribution in [0.15, 0.2) is 17.5 Å². The molecule has 0 spiro atoms. The first kappa shape index (κ1) is 11.5. The van der Waals surface area contributed by atoms with Crippen LogP contribution < -0.4 is 0 Å². The highest BCUT2D eigenvalue weighted by molar-refractivity contribution is 7.17. The Bertz CT molecular complexity index is 544. The van der Waals surface area contributed by atoms with Gasteiger partial charge in [0.25, 0.3) is 0 Å². The van der Waals surface area contributed by atoms with E-state index in [0.717, 1.165) is 17.7 Å². The van der Waals surface area contributed by atoms with E-state index in [0.29, 0.717) is 9.90 Å². The first-order valence-electron chi connectivity index (χ1n) is 5.65. The smallest absolute Gasteiger partial charge is 0.214 e. The van der Waals surface area contributed by atoms with E-state index in [1.807, 2.05) is 5.38 Å². The summed E-state index contributed by atoms with van der Waals surface area (Å²) in [5, 5.41) is 2.44. The van der Waals surface area contributed by atoms with Gasteiger partial charge in [-0.15, -0.1) is 22.7 Å². The molecule has 0 atom stereocenters. The maximum atomic E-state index is 12.3. The topological polar surface area (TPSA) is 17.1 Å². The predicted octanol–water partition coefficient (Wildman–Crippen LogP) is 4.57. The number of carbonyl (C=O) groups is 1. The van der Waals surface area contributed by atoms with Gasteiger partial charge in [-0.2, -0.15) is 0 Å². The molecule has 2 aromatic rings. The van der Waals surface area contributed by atoms with E-state index in [1.165, 1.54) is 34.6 Å². The summed E-state index contributed by atoms with van der Waals surface area (Å²) in [6.45, 7) is 0. The Morgan fingerprint density at radius 2 is 2.12 bits per heavy atom. The zero-order valence-corrected chi connectivity index (χ0v) is 11.6. The molecule has 0 radical (unpaired) electrons. The molecule has 2 aromatic heterocycles. The predicted molar refractivity (Wildman–Crippen MR) is 73.7 cm³/mol. The highest BCUT2D eigenvalue weighted by Crippen LogP contribution is 2.33. The summed E-state index contributed by atoms with van der Waals surface area (Å²) in [7, 11) is 0. The van der Waals surface area contributed by atoms with Gasteiger partial charge >= 0.3 is 0 Å². The van der Waals surface area contributed by atoms with Gasteiger partial charge < -0.3 is 0 Å². The van der Waals surface area contributed by atoms with Crippen molar-refractivity contribution in [3.05, 3.63) is 42.7 Å². The number of hydrogen-bond acceptors (Lipinski definition) is 3. The van der Waals surface area contributed by atoms with Crippen LogP contribution in [-0.2, 0) is 12.8 Å². The normalized spacial score (nSPS) is 14.6. The van der Waals surface area contributed by atoms with Crippen LogP contribution in [0.5, 0.6) is 0 Å². The third kappa shape index (κ3) is 2.07. The Hall–Kier alpha value is -0.640. The fourth-order valence-corrected chi connectivity index (χ4v) is 4.53. The Kier molecular flexibility index (Phi) is 3.07.